The van der Waals surface area contributed by atoms with Gasteiger partial charge >= 0.3 is 0 Å². The molecular weight excluding hydrogens is 527 g/mol. The first-order valence-corrected chi connectivity index (χ1v) is 12.2. The Morgan fingerprint density at radius 3 is 2.61 bits per heavy atom. The lowest BCUT2D eigenvalue weighted by molar-refractivity contribution is 0.459. The first-order valence-electron chi connectivity index (χ1n) is 10.4. The van der Waals surface area contributed by atoms with E-state index in [2.05, 4.69) is 33.9 Å². The first-order chi connectivity index (χ1) is 14.3. The van der Waals surface area contributed by atoms with Crippen LogP contribution in [-0.2, 0) is 16.6 Å². The van der Waals surface area contributed by atoms with Gasteiger partial charge < -0.3 is 10.6 Å². The lowest BCUT2D eigenvalue weighted by Crippen LogP contribution is -2.40. The fraction of sp³-hybridized carbons (Fsp3) is 0.524. The molecule has 3 rings (SSSR count). The van der Waals surface area contributed by atoms with Gasteiger partial charge in [-0.25, -0.2) is 22.4 Å². The van der Waals surface area contributed by atoms with Crippen LogP contribution in [0.25, 0.3) is 5.69 Å². The second kappa shape index (κ2) is 11.3. The van der Waals surface area contributed by atoms with Crippen LogP contribution in [0.5, 0.6) is 0 Å². The van der Waals surface area contributed by atoms with Crippen molar-refractivity contribution in [2.45, 2.75) is 33.7 Å². The summed E-state index contributed by atoms with van der Waals surface area (Å²) in [6, 6.07) is 10.2. The molecule has 1 atom stereocenters. The molecule has 0 aliphatic carbocycles. The molecule has 1 aliphatic heterocycles. The molecule has 8 nitrogen and oxygen atoms in total. The quantitative estimate of drug-likeness (QED) is 0.309. The van der Waals surface area contributed by atoms with Crippen molar-refractivity contribution in [3.63, 3.8) is 0 Å². The minimum Gasteiger partial charge on any atom is -0.357 e. The van der Waals surface area contributed by atoms with Crippen LogP contribution in [-0.4, -0.2) is 60.9 Å². The van der Waals surface area contributed by atoms with Gasteiger partial charge in [0.25, 0.3) is 0 Å². The summed E-state index contributed by atoms with van der Waals surface area (Å²) in [5.74, 6) is 1.02. The van der Waals surface area contributed by atoms with Crippen LogP contribution in [0.1, 0.15) is 30.3 Å². The SMILES string of the molecule is CCNC(=NCc1ccccc1-n1nc(C)cc1C)NCC1CCN(S(C)(=O)=O)C1.I. The Hall–Kier alpha value is -1.66. The highest BCUT2D eigenvalue weighted by atomic mass is 127. The molecule has 1 aliphatic rings. The van der Waals surface area contributed by atoms with E-state index in [9.17, 15) is 8.42 Å². The van der Waals surface area contributed by atoms with Crippen molar-refractivity contribution in [3.8, 4) is 5.69 Å². The summed E-state index contributed by atoms with van der Waals surface area (Å²) < 4.78 is 26.9. The standard InChI is InChI=1S/C21H32N6O2S.HI/c1-5-22-21(23-13-18-10-11-26(15-18)30(4,28)29)24-14-19-8-6-7-9-20(19)27-17(3)12-16(2)25-27;/h6-9,12,18H,5,10-11,13-15H2,1-4H3,(H2,22,23,24);1H. The molecule has 2 aromatic rings. The number of benzene rings is 1. The van der Waals surface area contributed by atoms with Crippen molar-refractivity contribution in [2.75, 3.05) is 32.4 Å². The monoisotopic (exact) mass is 560 g/mol. The van der Waals surface area contributed by atoms with Crippen LogP contribution in [0.4, 0.5) is 0 Å². The molecule has 2 N–H and O–H groups in total. The Labute approximate surface area is 202 Å². The van der Waals surface area contributed by atoms with Crippen molar-refractivity contribution in [1.82, 2.24) is 24.7 Å². The highest BCUT2D eigenvalue weighted by molar-refractivity contribution is 14.0. The van der Waals surface area contributed by atoms with Gasteiger partial charge in [-0.3, -0.25) is 0 Å². The predicted octanol–water partition coefficient (Wildman–Crippen LogP) is 2.44. The van der Waals surface area contributed by atoms with Crippen molar-refractivity contribution >= 4 is 40.0 Å². The zero-order valence-electron chi connectivity index (χ0n) is 18.6. The van der Waals surface area contributed by atoms with Gasteiger partial charge in [-0.05, 0) is 50.8 Å². The molecule has 1 fully saturated rings. The van der Waals surface area contributed by atoms with Crippen LogP contribution in [0.15, 0.2) is 35.3 Å². The first kappa shape index (κ1) is 25.6. The molecular formula is C21H33IN6O2S. The number of aryl methyl sites for hydroxylation is 2. The number of halogens is 1. The molecule has 1 aromatic carbocycles. The number of hydrogen-bond donors (Lipinski definition) is 2. The maximum atomic E-state index is 11.7. The van der Waals surface area contributed by atoms with E-state index in [1.165, 1.54) is 6.26 Å². The number of guanidine groups is 1. The number of nitrogens with one attached hydrogen (secondary N) is 2. The predicted molar refractivity (Wildman–Crippen MR) is 136 cm³/mol. The third-order valence-corrected chi connectivity index (χ3v) is 6.53. The Kier molecular flexibility index (Phi) is 9.31. The molecule has 0 amide bonds. The van der Waals surface area contributed by atoms with Gasteiger partial charge in [0.1, 0.15) is 0 Å². The van der Waals surface area contributed by atoms with Gasteiger partial charge in [-0.15, -0.1) is 24.0 Å². The maximum Gasteiger partial charge on any atom is 0.211 e. The Morgan fingerprint density at radius 1 is 1.26 bits per heavy atom. The van der Waals surface area contributed by atoms with Crippen LogP contribution in [0, 0.1) is 19.8 Å². The summed E-state index contributed by atoms with van der Waals surface area (Å²) in [6.45, 7) is 9.19. The highest BCUT2D eigenvalue weighted by Crippen LogP contribution is 2.19. The van der Waals surface area contributed by atoms with Crippen LogP contribution in [0.2, 0.25) is 0 Å². The molecule has 1 saturated heterocycles. The number of para-hydroxylation sites is 1. The van der Waals surface area contributed by atoms with Gasteiger partial charge in [-0.2, -0.15) is 5.10 Å². The van der Waals surface area contributed by atoms with E-state index >= 15 is 0 Å². The number of nitrogens with zero attached hydrogens (tertiary/aromatic N) is 4. The Morgan fingerprint density at radius 2 is 2.00 bits per heavy atom. The van der Waals surface area contributed by atoms with Gasteiger partial charge in [-0.1, -0.05) is 18.2 Å². The normalized spacial score (nSPS) is 17.4. The van der Waals surface area contributed by atoms with Crippen LogP contribution < -0.4 is 10.6 Å². The maximum absolute atomic E-state index is 11.7. The summed E-state index contributed by atoms with van der Waals surface area (Å²) in [7, 11) is -3.11. The summed E-state index contributed by atoms with van der Waals surface area (Å²) in [5, 5.41) is 11.3. The summed E-state index contributed by atoms with van der Waals surface area (Å²) in [5.41, 5.74) is 4.19. The van der Waals surface area contributed by atoms with E-state index in [4.69, 9.17) is 4.99 Å². The largest absolute Gasteiger partial charge is 0.357 e. The van der Waals surface area contributed by atoms with Gasteiger partial charge in [0.05, 0.1) is 24.2 Å². The zero-order valence-corrected chi connectivity index (χ0v) is 21.8. The van der Waals surface area contributed by atoms with E-state index in [0.29, 0.717) is 26.2 Å². The smallest absolute Gasteiger partial charge is 0.211 e. The van der Waals surface area contributed by atoms with E-state index in [1.54, 1.807) is 4.31 Å². The van der Waals surface area contributed by atoms with E-state index in [1.807, 2.05) is 37.6 Å². The van der Waals surface area contributed by atoms with Gasteiger partial charge in [0.2, 0.25) is 10.0 Å². The molecule has 0 spiro atoms. The summed E-state index contributed by atoms with van der Waals surface area (Å²) in [4.78, 5) is 4.76. The molecule has 2 heterocycles. The summed E-state index contributed by atoms with van der Waals surface area (Å²) in [6.07, 6.45) is 2.13. The Balaban J connectivity index is 0.00000341. The van der Waals surface area contributed by atoms with Crippen molar-refractivity contribution in [1.29, 1.82) is 0 Å². The minimum absolute atomic E-state index is 0. The van der Waals surface area contributed by atoms with E-state index in [-0.39, 0.29) is 29.9 Å². The average molecular weight is 561 g/mol. The second-order valence-electron chi connectivity index (χ2n) is 7.82. The topological polar surface area (TPSA) is 91.6 Å². The number of sulfonamides is 1. The summed E-state index contributed by atoms with van der Waals surface area (Å²) >= 11 is 0. The zero-order chi connectivity index (χ0) is 21.7. The lowest BCUT2D eigenvalue weighted by atomic mass is 10.1. The van der Waals surface area contributed by atoms with Crippen molar-refractivity contribution in [3.05, 3.63) is 47.3 Å². The minimum atomic E-state index is -3.11. The van der Waals surface area contributed by atoms with Gasteiger partial charge in [0, 0.05) is 31.9 Å². The van der Waals surface area contributed by atoms with Crippen LogP contribution >= 0.6 is 24.0 Å². The molecule has 1 unspecified atom stereocenters. The lowest BCUT2D eigenvalue weighted by Gasteiger charge is -2.16. The molecule has 0 bridgehead atoms. The molecule has 31 heavy (non-hydrogen) atoms. The van der Waals surface area contributed by atoms with Gasteiger partial charge in [0.15, 0.2) is 5.96 Å². The van der Waals surface area contributed by atoms with Crippen LogP contribution in [0.3, 0.4) is 0 Å². The molecule has 1 aromatic heterocycles. The third-order valence-electron chi connectivity index (χ3n) is 5.26. The third kappa shape index (κ3) is 6.91. The van der Waals surface area contributed by atoms with Crippen molar-refractivity contribution in [2.24, 2.45) is 10.9 Å². The number of aromatic nitrogens is 2. The number of hydrogen-bond acceptors (Lipinski definition) is 4. The molecule has 172 valence electrons. The molecule has 0 radical (unpaired) electrons. The van der Waals surface area contributed by atoms with E-state index in [0.717, 1.165) is 41.6 Å². The number of aliphatic imine (C=N–C) groups is 1. The Bertz CT molecular complexity index is 1010. The highest BCUT2D eigenvalue weighted by Gasteiger charge is 2.28. The molecule has 0 saturated carbocycles. The van der Waals surface area contributed by atoms with Crippen molar-refractivity contribution < 1.29 is 8.42 Å². The second-order valence-corrected chi connectivity index (χ2v) is 9.80. The fourth-order valence-corrected chi connectivity index (χ4v) is 4.65. The fourth-order valence-electron chi connectivity index (χ4n) is 3.74. The van der Waals surface area contributed by atoms with E-state index < -0.39 is 10.0 Å². The number of rotatable bonds is 7. The average Bonchev–Trinajstić information content (AvgIpc) is 3.30. The molecule has 10 heteroatoms.